The van der Waals surface area contributed by atoms with Gasteiger partial charge in [0.2, 0.25) is 0 Å². The van der Waals surface area contributed by atoms with Gasteiger partial charge in [0, 0.05) is 18.8 Å². The lowest BCUT2D eigenvalue weighted by Gasteiger charge is -2.09. The Kier molecular flexibility index (Phi) is 3.52. The molecular weight excluding hydrogens is 272 g/mol. The molecule has 2 aromatic heterocycles. The predicted octanol–water partition coefficient (Wildman–Crippen LogP) is 0.962. The lowest BCUT2D eigenvalue weighted by atomic mass is 10.3. The highest BCUT2D eigenvalue weighted by Gasteiger charge is 2.05. The van der Waals surface area contributed by atoms with Gasteiger partial charge in [-0.2, -0.15) is 0 Å². The van der Waals surface area contributed by atoms with Gasteiger partial charge in [0.1, 0.15) is 4.60 Å². The van der Waals surface area contributed by atoms with Crippen LogP contribution in [0.5, 0.6) is 0 Å². The van der Waals surface area contributed by atoms with Crippen molar-refractivity contribution in [2.45, 2.75) is 19.5 Å². The molecule has 0 aliphatic heterocycles. The van der Waals surface area contributed by atoms with E-state index in [9.17, 15) is 0 Å². The number of nitrogens with zero attached hydrogens (tertiary/aromatic N) is 3. The summed E-state index contributed by atoms with van der Waals surface area (Å²) in [5.74, 6) is 0. The molecule has 0 saturated heterocycles. The fraction of sp³-hybridized carbons (Fsp3) is 0.400. The molecule has 0 spiro atoms. The molecule has 86 valence electrons. The van der Waals surface area contributed by atoms with E-state index in [1.54, 1.807) is 12.4 Å². The summed E-state index contributed by atoms with van der Waals surface area (Å²) in [4.78, 5) is 8.35. The van der Waals surface area contributed by atoms with Crippen LogP contribution in [0.1, 0.15) is 12.6 Å². The molecule has 6 heteroatoms. The molecule has 16 heavy (non-hydrogen) atoms. The highest BCUT2D eigenvalue weighted by molar-refractivity contribution is 9.10. The van der Waals surface area contributed by atoms with E-state index in [1.165, 1.54) is 0 Å². The molecule has 0 fully saturated rings. The van der Waals surface area contributed by atoms with Crippen LogP contribution in [0.4, 0.5) is 0 Å². The minimum absolute atomic E-state index is 0.0795. The summed E-state index contributed by atoms with van der Waals surface area (Å²) >= 11 is 3.32. The first kappa shape index (κ1) is 11.5. The van der Waals surface area contributed by atoms with Gasteiger partial charge in [-0.05, 0) is 22.9 Å². The van der Waals surface area contributed by atoms with Gasteiger partial charge < -0.3 is 10.4 Å². The Morgan fingerprint density at radius 2 is 2.31 bits per heavy atom. The summed E-state index contributed by atoms with van der Waals surface area (Å²) in [5, 5.41) is 12.1. The Morgan fingerprint density at radius 1 is 1.50 bits per heavy atom. The molecule has 5 nitrogen and oxygen atoms in total. The van der Waals surface area contributed by atoms with E-state index in [4.69, 9.17) is 5.11 Å². The van der Waals surface area contributed by atoms with Crippen LogP contribution in [0.15, 0.2) is 23.2 Å². The zero-order valence-corrected chi connectivity index (χ0v) is 10.5. The molecule has 0 radical (unpaired) electrons. The largest absolute Gasteiger partial charge is 0.395 e. The number of rotatable bonds is 4. The van der Waals surface area contributed by atoms with E-state index < -0.39 is 0 Å². The molecule has 2 N–H and O–H groups in total. The fourth-order valence-electron chi connectivity index (χ4n) is 1.39. The monoisotopic (exact) mass is 284 g/mol. The highest BCUT2D eigenvalue weighted by Crippen LogP contribution is 2.10. The topological polar surface area (TPSA) is 62.5 Å². The van der Waals surface area contributed by atoms with E-state index in [0.29, 0.717) is 6.54 Å². The molecule has 0 bridgehead atoms. The molecule has 0 aliphatic carbocycles. The second-order valence-corrected chi connectivity index (χ2v) is 4.46. The van der Waals surface area contributed by atoms with E-state index in [1.807, 2.05) is 17.5 Å². The van der Waals surface area contributed by atoms with Crippen molar-refractivity contribution in [3.05, 3.63) is 28.9 Å². The van der Waals surface area contributed by atoms with Crippen molar-refractivity contribution in [1.29, 1.82) is 0 Å². The van der Waals surface area contributed by atoms with Gasteiger partial charge in [-0.25, -0.2) is 9.97 Å². The fourth-order valence-corrected chi connectivity index (χ4v) is 1.70. The van der Waals surface area contributed by atoms with Crippen molar-refractivity contribution >= 4 is 21.6 Å². The van der Waals surface area contributed by atoms with Crippen molar-refractivity contribution in [1.82, 2.24) is 19.7 Å². The summed E-state index contributed by atoms with van der Waals surface area (Å²) < 4.78 is 2.74. The van der Waals surface area contributed by atoms with Crippen LogP contribution >= 0.6 is 15.9 Å². The van der Waals surface area contributed by atoms with Crippen LogP contribution < -0.4 is 5.32 Å². The number of aliphatic hydroxyl groups is 1. The van der Waals surface area contributed by atoms with Crippen molar-refractivity contribution in [3.63, 3.8) is 0 Å². The molecule has 0 aromatic carbocycles. The lowest BCUT2D eigenvalue weighted by Crippen LogP contribution is -2.29. The molecule has 0 saturated carbocycles. The Hall–Kier alpha value is -0.980. The molecule has 1 atom stereocenters. The molecule has 2 aromatic rings. The molecular formula is C10H13BrN4O. The van der Waals surface area contributed by atoms with Gasteiger partial charge in [-0.3, -0.25) is 4.40 Å². The number of hydrogen-bond donors (Lipinski definition) is 2. The Balaban J connectivity index is 2.21. The standard InChI is InChI=1S/C10H13BrN4O/c1-7(6-16)12-2-8-3-14-10-4-13-9(11)5-15(8)10/h3-5,7,12,16H,2,6H2,1H3. The molecule has 0 amide bonds. The quantitative estimate of drug-likeness (QED) is 0.878. The summed E-state index contributed by atoms with van der Waals surface area (Å²) in [6, 6.07) is 0.0795. The van der Waals surface area contributed by atoms with Crippen LogP contribution in [0.25, 0.3) is 5.65 Å². The molecule has 1 unspecified atom stereocenters. The van der Waals surface area contributed by atoms with Crippen LogP contribution in [0, 0.1) is 0 Å². The minimum atomic E-state index is 0.0795. The number of fused-ring (bicyclic) bond motifs is 1. The van der Waals surface area contributed by atoms with Gasteiger partial charge >= 0.3 is 0 Å². The predicted molar refractivity (Wildman–Crippen MR) is 64.1 cm³/mol. The van der Waals surface area contributed by atoms with Crippen LogP contribution in [0.2, 0.25) is 0 Å². The third kappa shape index (κ3) is 2.40. The van der Waals surface area contributed by atoms with Crippen molar-refractivity contribution < 1.29 is 5.11 Å². The number of imidazole rings is 1. The Labute approximate surface area is 102 Å². The first-order chi connectivity index (χ1) is 7.70. The maximum Gasteiger partial charge on any atom is 0.155 e. The van der Waals surface area contributed by atoms with Crippen LogP contribution in [0.3, 0.4) is 0 Å². The summed E-state index contributed by atoms with van der Waals surface area (Å²) in [6.07, 6.45) is 5.40. The van der Waals surface area contributed by atoms with E-state index >= 15 is 0 Å². The third-order valence-corrected chi connectivity index (χ3v) is 2.76. The minimum Gasteiger partial charge on any atom is -0.395 e. The lowest BCUT2D eigenvalue weighted by molar-refractivity contribution is 0.250. The van der Waals surface area contributed by atoms with E-state index in [0.717, 1.165) is 15.9 Å². The average Bonchev–Trinajstić information content (AvgIpc) is 2.68. The average molecular weight is 285 g/mol. The van der Waals surface area contributed by atoms with Crippen molar-refractivity contribution in [2.24, 2.45) is 0 Å². The van der Waals surface area contributed by atoms with Gasteiger partial charge in [0.15, 0.2) is 5.65 Å². The van der Waals surface area contributed by atoms with Gasteiger partial charge in [0.05, 0.1) is 24.7 Å². The SMILES string of the molecule is CC(CO)NCc1cnc2cnc(Br)cn12. The van der Waals surface area contributed by atoms with Crippen molar-refractivity contribution in [2.75, 3.05) is 6.61 Å². The summed E-state index contributed by atoms with van der Waals surface area (Å²) in [6.45, 7) is 2.72. The smallest absolute Gasteiger partial charge is 0.155 e. The number of aliphatic hydroxyl groups excluding tert-OH is 1. The van der Waals surface area contributed by atoms with E-state index in [-0.39, 0.29) is 12.6 Å². The molecule has 0 aliphatic rings. The van der Waals surface area contributed by atoms with Gasteiger partial charge in [-0.1, -0.05) is 0 Å². The van der Waals surface area contributed by atoms with E-state index in [2.05, 4.69) is 31.2 Å². The van der Waals surface area contributed by atoms with Gasteiger partial charge in [0.25, 0.3) is 0 Å². The summed E-state index contributed by atoms with van der Waals surface area (Å²) in [7, 11) is 0. The third-order valence-electron chi connectivity index (χ3n) is 2.35. The van der Waals surface area contributed by atoms with Crippen molar-refractivity contribution in [3.8, 4) is 0 Å². The zero-order chi connectivity index (χ0) is 11.5. The first-order valence-corrected chi connectivity index (χ1v) is 5.81. The maximum atomic E-state index is 8.92. The second kappa shape index (κ2) is 4.90. The number of hydrogen-bond acceptors (Lipinski definition) is 4. The number of nitrogens with one attached hydrogen (secondary N) is 1. The number of halogens is 1. The Morgan fingerprint density at radius 3 is 3.06 bits per heavy atom. The second-order valence-electron chi connectivity index (χ2n) is 3.65. The summed E-state index contributed by atoms with van der Waals surface area (Å²) in [5.41, 5.74) is 1.86. The molecule has 2 rings (SSSR count). The van der Waals surface area contributed by atoms with Gasteiger partial charge in [-0.15, -0.1) is 0 Å². The zero-order valence-electron chi connectivity index (χ0n) is 8.89. The normalized spacial score (nSPS) is 13.2. The van der Waals surface area contributed by atoms with Crippen LogP contribution in [-0.2, 0) is 6.54 Å². The first-order valence-electron chi connectivity index (χ1n) is 5.02. The van der Waals surface area contributed by atoms with Crippen LogP contribution in [-0.4, -0.2) is 32.1 Å². The maximum absolute atomic E-state index is 8.92. The highest BCUT2D eigenvalue weighted by atomic mass is 79.9. The molecule has 2 heterocycles. The number of aromatic nitrogens is 3. The Bertz CT molecular complexity index is 485.